The Morgan fingerprint density at radius 3 is 3.21 bits per heavy atom. The van der Waals surface area contributed by atoms with E-state index in [0.717, 1.165) is 12.0 Å². The Balaban J connectivity index is 1.65. The maximum absolute atomic E-state index is 12.5. The third-order valence-corrected chi connectivity index (χ3v) is 6.31. The van der Waals surface area contributed by atoms with Crippen molar-refractivity contribution in [1.82, 2.24) is 0 Å². The van der Waals surface area contributed by atoms with E-state index in [1.807, 2.05) is 0 Å². The molecule has 6 bridgehead atoms. The molecule has 0 N–H and O–H groups in total. The van der Waals surface area contributed by atoms with Crippen LogP contribution in [0.15, 0.2) is 11.6 Å². The van der Waals surface area contributed by atoms with E-state index in [-0.39, 0.29) is 24.0 Å². The molecule has 4 heteroatoms. The van der Waals surface area contributed by atoms with Gasteiger partial charge in [0.05, 0.1) is 10.8 Å². The van der Waals surface area contributed by atoms with Crippen LogP contribution in [0.25, 0.3) is 0 Å². The predicted octanol–water partition coefficient (Wildman–Crippen LogP) is 0.528. The van der Waals surface area contributed by atoms with E-state index in [4.69, 9.17) is 15.9 Å². The summed E-state index contributed by atoms with van der Waals surface area (Å²) in [5.74, 6) is 3.43. The topological polar surface area (TPSA) is 52.6 Å². The van der Waals surface area contributed by atoms with Gasteiger partial charge in [-0.15, -0.1) is 6.42 Å². The van der Waals surface area contributed by atoms with E-state index >= 15 is 0 Å². The molecule has 1 aliphatic heterocycles. The molecule has 0 radical (unpaired) electrons. The molecule has 0 aromatic rings. The first-order chi connectivity index (χ1) is 9.19. The highest BCUT2D eigenvalue weighted by atomic mass is 16.5. The minimum Gasteiger partial charge on any atom is -0.461 e. The standard InChI is InChI=1S/C15H12O4/c1-2-3-18-13(17)15-9-5-8-7(11(9)15)4-10-12(16)19-6-14(8,10)15/h1,4,7-9,11H,3,5-6H2. The third kappa shape index (κ3) is 0.687. The second kappa shape index (κ2) is 2.58. The summed E-state index contributed by atoms with van der Waals surface area (Å²) >= 11 is 0. The highest BCUT2D eigenvalue weighted by molar-refractivity contribution is 5.99. The zero-order valence-corrected chi connectivity index (χ0v) is 10.2. The zero-order valence-electron chi connectivity index (χ0n) is 10.2. The first-order valence-electron chi connectivity index (χ1n) is 6.69. The molecule has 1 saturated heterocycles. The van der Waals surface area contributed by atoms with Crippen LogP contribution in [0.3, 0.4) is 0 Å². The summed E-state index contributed by atoms with van der Waals surface area (Å²) in [5.41, 5.74) is -0.123. The van der Waals surface area contributed by atoms with Crippen molar-refractivity contribution in [2.75, 3.05) is 13.2 Å². The average molecular weight is 256 g/mol. The number of hydrogen-bond acceptors (Lipinski definition) is 4. The monoisotopic (exact) mass is 256 g/mol. The van der Waals surface area contributed by atoms with Crippen molar-refractivity contribution >= 4 is 11.9 Å². The number of rotatable bonds is 2. The minimum atomic E-state index is -0.491. The fraction of sp³-hybridized carbons (Fsp3) is 0.600. The normalized spacial score (nSPS) is 53.4. The lowest BCUT2D eigenvalue weighted by Gasteiger charge is -2.30. The zero-order chi connectivity index (χ0) is 13.0. The molecule has 0 aromatic heterocycles. The van der Waals surface area contributed by atoms with Crippen LogP contribution in [0.4, 0.5) is 0 Å². The molecule has 1 spiro atoms. The largest absolute Gasteiger partial charge is 0.461 e. The maximum Gasteiger partial charge on any atom is 0.334 e. The number of cyclic esters (lactones) is 1. The van der Waals surface area contributed by atoms with Crippen LogP contribution in [0.2, 0.25) is 0 Å². The van der Waals surface area contributed by atoms with Gasteiger partial charge in [-0.25, -0.2) is 4.79 Å². The van der Waals surface area contributed by atoms with Gasteiger partial charge in [-0.05, 0) is 30.1 Å². The first kappa shape index (κ1) is 10.1. The highest BCUT2D eigenvalue weighted by Crippen LogP contribution is 2.93. The van der Waals surface area contributed by atoms with Crippen molar-refractivity contribution in [3.8, 4) is 12.3 Å². The molecule has 4 saturated carbocycles. The Kier molecular flexibility index (Phi) is 1.37. The molecule has 5 aliphatic carbocycles. The van der Waals surface area contributed by atoms with Crippen LogP contribution >= 0.6 is 0 Å². The summed E-state index contributed by atoms with van der Waals surface area (Å²) in [6.07, 6.45) is 8.26. The van der Waals surface area contributed by atoms with E-state index in [0.29, 0.717) is 30.3 Å². The SMILES string of the molecule is C#CCOC(=O)C12C3CC4C(C=C5C(=O)OCC541)C32. The molecule has 96 valence electrons. The fourth-order valence-corrected chi connectivity index (χ4v) is 6.03. The van der Waals surface area contributed by atoms with E-state index in [1.165, 1.54) is 0 Å². The molecule has 6 atom stereocenters. The smallest absolute Gasteiger partial charge is 0.334 e. The number of carbonyl (C=O) groups is 2. The molecule has 19 heavy (non-hydrogen) atoms. The van der Waals surface area contributed by atoms with Crippen LogP contribution in [0, 0.1) is 46.8 Å². The molecule has 6 unspecified atom stereocenters. The number of esters is 2. The number of allylic oxidation sites excluding steroid dienone is 1. The van der Waals surface area contributed by atoms with Crippen molar-refractivity contribution in [3.05, 3.63) is 11.6 Å². The Labute approximate surface area is 110 Å². The van der Waals surface area contributed by atoms with Crippen LogP contribution in [0.5, 0.6) is 0 Å². The second-order valence-corrected chi connectivity index (χ2v) is 6.33. The Morgan fingerprint density at radius 1 is 1.58 bits per heavy atom. The molecule has 5 fully saturated rings. The average Bonchev–Trinajstić information content (AvgIpc) is 2.82. The van der Waals surface area contributed by atoms with Crippen molar-refractivity contribution in [3.63, 3.8) is 0 Å². The van der Waals surface area contributed by atoms with Crippen molar-refractivity contribution in [2.24, 2.45) is 34.5 Å². The summed E-state index contributed by atoms with van der Waals surface area (Å²) < 4.78 is 10.5. The molecular weight excluding hydrogens is 244 g/mol. The summed E-state index contributed by atoms with van der Waals surface area (Å²) in [5, 5.41) is 0. The minimum absolute atomic E-state index is 0.0132. The van der Waals surface area contributed by atoms with Gasteiger partial charge in [-0.3, -0.25) is 4.79 Å². The second-order valence-electron chi connectivity index (χ2n) is 6.33. The lowest BCUT2D eigenvalue weighted by Crippen LogP contribution is -2.40. The fourth-order valence-electron chi connectivity index (χ4n) is 6.03. The lowest BCUT2D eigenvalue weighted by atomic mass is 9.70. The Morgan fingerprint density at radius 2 is 2.42 bits per heavy atom. The van der Waals surface area contributed by atoms with Crippen LogP contribution in [-0.4, -0.2) is 25.2 Å². The molecule has 4 nitrogen and oxygen atoms in total. The van der Waals surface area contributed by atoms with Crippen molar-refractivity contribution in [1.29, 1.82) is 0 Å². The molecule has 0 aromatic carbocycles. The highest BCUT2D eigenvalue weighted by Gasteiger charge is 2.96. The first-order valence-corrected chi connectivity index (χ1v) is 6.69. The van der Waals surface area contributed by atoms with Gasteiger partial charge in [0.1, 0.15) is 6.61 Å². The summed E-state index contributed by atoms with van der Waals surface area (Å²) in [4.78, 5) is 24.4. The number of hydrogen-bond donors (Lipinski definition) is 0. The van der Waals surface area contributed by atoms with E-state index in [2.05, 4.69) is 12.0 Å². The predicted molar refractivity (Wildman–Crippen MR) is 62.3 cm³/mol. The maximum atomic E-state index is 12.5. The van der Waals surface area contributed by atoms with Gasteiger partial charge in [0.15, 0.2) is 6.61 Å². The Hall–Kier alpha value is -1.76. The van der Waals surface area contributed by atoms with Crippen LogP contribution in [0.1, 0.15) is 6.42 Å². The molecule has 1 heterocycles. The van der Waals surface area contributed by atoms with E-state index in [9.17, 15) is 9.59 Å². The molecule has 0 amide bonds. The van der Waals surface area contributed by atoms with E-state index in [1.54, 1.807) is 0 Å². The summed E-state index contributed by atoms with van der Waals surface area (Å²) in [6, 6.07) is 0. The van der Waals surface area contributed by atoms with E-state index < -0.39 is 5.41 Å². The quantitative estimate of drug-likeness (QED) is 0.534. The lowest BCUT2D eigenvalue weighted by molar-refractivity contribution is -0.154. The Bertz CT molecular complexity index is 627. The number of ether oxygens (including phenoxy) is 2. The number of carbonyl (C=O) groups excluding carboxylic acids is 2. The van der Waals surface area contributed by atoms with Gasteiger partial charge in [0.25, 0.3) is 0 Å². The molecule has 6 aliphatic rings. The van der Waals surface area contributed by atoms with Gasteiger partial charge < -0.3 is 9.47 Å². The molecular formula is C15H12O4. The van der Waals surface area contributed by atoms with Crippen molar-refractivity contribution < 1.29 is 19.1 Å². The van der Waals surface area contributed by atoms with Crippen LogP contribution < -0.4 is 0 Å². The third-order valence-electron chi connectivity index (χ3n) is 6.31. The van der Waals surface area contributed by atoms with Crippen LogP contribution in [-0.2, 0) is 19.1 Å². The summed E-state index contributed by atoms with van der Waals surface area (Å²) in [6.45, 7) is 0.371. The molecule has 6 rings (SSSR count). The van der Waals surface area contributed by atoms with Gasteiger partial charge in [0, 0.05) is 5.57 Å². The van der Waals surface area contributed by atoms with Gasteiger partial charge in [-0.1, -0.05) is 12.0 Å². The van der Waals surface area contributed by atoms with Gasteiger partial charge in [0.2, 0.25) is 0 Å². The van der Waals surface area contributed by atoms with Crippen molar-refractivity contribution in [2.45, 2.75) is 6.42 Å². The number of terminal acetylenes is 1. The van der Waals surface area contributed by atoms with Gasteiger partial charge in [-0.2, -0.15) is 0 Å². The van der Waals surface area contributed by atoms with Gasteiger partial charge >= 0.3 is 11.9 Å². The summed E-state index contributed by atoms with van der Waals surface area (Å²) in [7, 11) is 0.